The number of carbonyl (C=O) groups is 1. The smallest absolute Gasteiger partial charge is 0.251 e. The number of thiol groups is 1. The number of hydrogen-bond donors (Lipinski definition) is 2. The lowest BCUT2D eigenvalue weighted by Crippen LogP contribution is -2.17. The molecular weight excluding hydrogens is 218 g/mol. The Kier molecular flexibility index (Phi) is 3.68. The Morgan fingerprint density at radius 1 is 1.40 bits per heavy atom. The molecule has 0 bridgehead atoms. The van der Waals surface area contributed by atoms with E-state index in [0.29, 0.717) is 0 Å². The average molecular weight is 229 g/mol. The van der Waals surface area contributed by atoms with Crippen molar-refractivity contribution in [3.05, 3.63) is 23.8 Å². The fraction of sp³-hybridized carbons (Fsp3) is 0.222. The zero-order valence-corrected chi connectivity index (χ0v) is 9.21. The third-order valence-corrected chi connectivity index (χ3v) is 2.61. The first kappa shape index (κ1) is 11.5. The summed E-state index contributed by atoms with van der Waals surface area (Å²) in [5.74, 6) is -0.102. The van der Waals surface area contributed by atoms with E-state index < -0.39 is 10.7 Å². The van der Waals surface area contributed by atoms with Crippen LogP contribution in [0.25, 0.3) is 0 Å². The van der Waals surface area contributed by atoms with E-state index in [2.05, 4.69) is 5.32 Å². The van der Waals surface area contributed by atoms with Gasteiger partial charge in [-0.25, -0.2) is 8.42 Å². The number of methoxy groups -OCH3 is 1. The van der Waals surface area contributed by atoms with E-state index in [1.807, 2.05) is 0 Å². The second-order valence-corrected chi connectivity index (χ2v) is 3.72. The number of rotatable bonds is 3. The van der Waals surface area contributed by atoms with Crippen LogP contribution in [0.1, 0.15) is 10.4 Å². The van der Waals surface area contributed by atoms with Gasteiger partial charge in [0.05, 0.1) is 7.11 Å². The Balaban J connectivity index is 3.28. The topological polar surface area (TPSA) is 72.5 Å². The molecule has 0 saturated carbocycles. The molecule has 0 fully saturated rings. The van der Waals surface area contributed by atoms with Crippen molar-refractivity contribution >= 4 is 16.6 Å². The largest absolute Gasteiger partial charge is 0.495 e. The van der Waals surface area contributed by atoms with Gasteiger partial charge in [-0.15, -0.1) is 0 Å². The maximum absolute atomic E-state index is 11.2. The molecule has 0 saturated heterocycles. The van der Waals surface area contributed by atoms with Crippen LogP contribution in [0.15, 0.2) is 23.1 Å². The Hall–Kier alpha value is -1.56. The quantitative estimate of drug-likeness (QED) is 0.717. The van der Waals surface area contributed by atoms with Crippen molar-refractivity contribution in [2.24, 2.45) is 0 Å². The summed E-state index contributed by atoms with van der Waals surface area (Å²) in [5.41, 5.74) is 0.285. The molecule has 1 rings (SSSR count). The van der Waals surface area contributed by atoms with E-state index in [1.165, 1.54) is 32.4 Å². The number of nitrogens with one attached hydrogen (secondary N) is 1. The molecule has 1 N–H and O–H groups in total. The van der Waals surface area contributed by atoms with Gasteiger partial charge in [-0.1, -0.05) is 0 Å². The molecule has 0 atom stereocenters. The summed E-state index contributed by atoms with van der Waals surface area (Å²) in [7, 11) is 0.0747. The first-order valence-electron chi connectivity index (χ1n) is 4.14. The molecule has 0 aliphatic rings. The third kappa shape index (κ3) is 2.47. The van der Waals surface area contributed by atoms with Crippen LogP contribution in [0, 0.1) is 0 Å². The summed E-state index contributed by atoms with van der Waals surface area (Å²) >= 11 is 0. The van der Waals surface area contributed by atoms with Crippen molar-refractivity contribution in [1.29, 1.82) is 0 Å². The van der Waals surface area contributed by atoms with Crippen molar-refractivity contribution in [1.82, 2.24) is 5.32 Å². The number of benzene rings is 1. The van der Waals surface area contributed by atoms with Crippen LogP contribution in [0.3, 0.4) is 0 Å². The zero-order valence-electron chi connectivity index (χ0n) is 8.31. The van der Waals surface area contributed by atoms with Gasteiger partial charge in [0.25, 0.3) is 5.91 Å². The summed E-state index contributed by atoms with van der Waals surface area (Å²) in [6, 6.07) is 4.23. The lowest BCUT2D eigenvalue weighted by atomic mass is 10.2. The van der Waals surface area contributed by atoms with E-state index >= 15 is 0 Å². The van der Waals surface area contributed by atoms with Crippen LogP contribution >= 0.6 is 0 Å². The van der Waals surface area contributed by atoms with E-state index in [-0.39, 0.29) is 22.1 Å². The normalized spacial score (nSPS) is 10.1. The van der Waals surface area contributed by atoms with Crippen molar-refractivity contribution in [2.75, 3.05) is 14.2 Å². The molecule has 1 aromatic carbocycles. The zero-order chi connectivity index (χ0) is 11.4. The van der Waals surface area contributed by atoms with Crippen molar-refractivity contribution in [3.8, 4) is 5.75 Å². The Labute approximate surface area is 89.0 Å². The lowest BCUT2D eigenvalue weighted by molar-refractivity contribution is 0.0963. The number of hydrogen-bond acceptors (Lipinski definition) is 4. The van der Waals surface area contributed by atoms with Crippen molar-refractivity contribution < 1.29 is 17.9 Å². The highest BCUT2D eigenvalue weighted by molar-refractivity contribution is 7.72. The highest BCUT2D eigenvalue weighted by atomic mass is 32.2. The van der Waals surface area contributed by atoms with Gasteiger partial charge >= 0.3 is 0 Å². The van der Waals surface area contributed by atoms with Gasteiger partial charge in [0, 0.05) is 12.6 Å². The second-order valence-electron chi connectivity index (χ2n) is 2.72. The highest BCUT2D eigenvalue weighted by Gasteiger charge is 2.10. The fourth-order valence-electron chi connectivity index (χ4n) is 1.12. The summed E-state index contributed by atoms with van der Waals surface area (Å²) in [6.45, 7) is 0. The Morgan fingerprint density at radius 3 is 2.53 bits per heavy atom. The minimum absolute atomic E-state index is 0.00796. The van der Waals surface area contributed by atoms with Gasteiger partial charge in [-0.3, -0.25) is 4.79 Å². The molecule has 15 heavy (non-hydrogen) atoms. The summed E-state index contributed by atoms with van der Waals surface area (Å²) in [6.07, 6.45) is 0. The van der Waals surface area contributed by atoms with Crippen LogP contribution in [0.5, 0.6) is 5.75 Å². The fourth-order valence-corrected chi connectivity index (χ4v) is 1.71. The van der Waals surface area contributed by atoms with E-state index in [4.69, 9.17) is 4.74 Å². The van der Waals surface area contributed by atoms with Gasteiger partial charge < -0.3 is 10.1 Å². The van der Waals surface area contributed by atoms with Crippen LogP contribution in [-0.4, -0.2) is 28.5 Å². The molecule has 0 aromatic heterocycles. The summed E-state index contributed by atoms with van der Waals surface area (Å²) < 4.78 is 26.6. The van der Waals surface area contributed by atoms with Gasteiger partial charge in [-0.05, 0) is 18.2 Å². The molecule has 6 heteroatoms. The highest BCUT2D eigenvalue weighted by Crippen LogP contribution is 2.20. The molecule has 0 spiro atoms. The van der Waals surface area contributed by atoms with Crippen LogP contribution < -0.4 is 10.1 Å². The molecule has 0 aliphatic heterocycles. The van der Waals surface area contributed by atoms with E-state index in [9.17, 15) is 13.2 Å². The predicted molar refractivity (Wildman–Crippen MR) is 55.0 cm³/mol. The maximum Gasteiger partial charge on any atom is 0.251 e. The van der Waals surface area contributed by atoms with E-state index in [0.717, 1.165) is 0 Å². The predicted octanol–water partition coefficient (Wildman–Crippen LogP) is 0.0251. The summed E-state index contributed by atoms with van der Waals surface area (Å²) in [5, 5.41) is 2.41. The molecule has 0 aliphatic carbocycles. The molecule has 0 heterocycles. The van der Waals surface area contributed by atoms with Gasteiger partial charge in [0.1, 0.15) is 10.6 Å². The molecule has 5 nitrogen and oxygen atoms in total. The third-order valence-electron chi connectivity index (χ3n) is 1.86. The van der Waals surface area contributed by atoms with Gasteiger partial charge in [0.15, 0.2) is 10.7 Å². The second kappa shape index (κ2) is 4.79. The number of carbonyl (C=O) groups excluding carboxylic acids is 1. The minimum atomic E-state index is -2.77. The average Bonchev–Trinajstić information content (AvgIpc) is 2.27. The molecular formula is C9H11NO4S. The maximum atomic E-state index is 11.2. The van der Waals surface area contributed by atoms with Crippen LogP contribution in [0.2, 0.25) is 0 Å². The molecule has 0 radical (unpaired) electrons. The van der Waals surface area contributed by atoms with Crippen molar-refractivity contribution in [2.45, 2.75) is 4.90 Å². The lowest BCUT2D eigenvalue weighted by Gasteiger charge is -2.05. The number of ether oxygens (including phenoxy) is 1. The van der Waals surface area contributed by atoms with E-state index in [1.54, 1.807) is 0 Å². The molecule has 1 aromatic rings. The molecule has 0 unspecified atom stereocenters. The first-order valence-corrected chi connectivity index (χ1v) is 5.32. The van der Waals surface area contributed by atoms with Gasteiger partial charge in [0.2, 0.25) is 0 Å². The first-order chi connectivity index (χ1) is 7.10. The summed E-state index contributed by atoms with van der Waals surface area (Å²) in [4.78, 5) is 11.2. The molecule has 82 valence electrons. The van der Waals surface area contributed by atoms with Crippen LogP contribution in [-0.2, 0) is 10.7 Å². The molecule has 1 amide bonds. The Morgan fingerprint density at radius 2 is 2.07 bits per heavy atom. The Bertz CT molecular complexity index is 445. The number of amides is 1. The monoisotopic (exact) mass is 229 g/mol. The standard InChI is InChI=1S/C9H11NO4S/c1-10-9(11)6-3-4-7(14-2)8(5-6)15(12)13/h3-5,15H,1-2H3,(H,10,11). The SMILES string of the molecule is CNC(=O)c1ccc(OC)c([SH](=O)=O)c1. The van der Waals surface area contributed by atoms with Crippen molar-refractivity contribution in [3.63, 3.8) is 0 Å². The minimum Gasteiger partial charge on any atom is -0.495 e. The van der Waals surface area contributed by atoms with Crippen LogP contribution in [0.4, 0.5) is 0 Å². The van der Waals surface area contributed by atoms with Gasteiger partial charge in [-0.2, -0.15) is 0 Å².